The Hall–Kier alpha value is -2.28. The molecule has 2 amide bonds. The molecule has 0 unspecified atom stereocenters. The lowest BCUT2D eigenvalue weighted by Crippen LogP contribution is -2.46. The first-order valence-electron chi connectivity index (χ1n) is 6.05. The Bertz CT molecular complexity index is 762. The van der Waals surface area contributed by atoms with Gasteiger partial charge in [0, 0.05) is 6.20 Å². The first-order chi connectivity index (χ1) is 9.48. The van der Waals surface area contributed by atoms with Crippen molar-refractivity contribution in [3.05, 3.63) is 53.7 Å². The fraction of sp³-hybridized carbons (Fsp3) is 0.154. The number of carbonyl (C=O) groups is 1. The van der Waals surface area contributed by atoms with Crippen molar-refractivity contribution in [2.24, 2.45) is 0 Å². The number of aromatic nitrogens is 1. The summed E-state index contributed by atoms with van der Waals surface area (Å²) >= 11 is 0. The molecule has 0 atom stereocenters. The number of nitrogens with zero attached hydrogens (tertiary/aromatic N) is 2. The van der Waals surface area contributed by atoms with Gasteiger partial charge in [0.05, 0.1) is 6.54 Å². The zero-order valence-corrected chi connectivity index (χ0v) is 11.6. The van der Waals surface area contributed by atoms with Crippen LogP contribution in [0.4, 0.5) is 10.6 Å². The van der Waals surface area contributed by atoms with Crippen LogP contribution in [-0.4, -0.2) is 22.7 Å². The molecular formula is C13H13N3O3S. The molecule has 104 valence electrons. The molecule has 0 aliphatic carbocycles. The monoisotopic (exact) mass is 291 g/mol. The minimum atomic E-state index is -3.86. The number of aryl methyl sites for hydroxylation is 1. The second kappa shape index (κ2) is 4.38. The van der Waals surface area contributed by atoms with E-state index in [9.17, 15) is 13.2 Å². The van der Waals surface area contributed by atoms with E-state index in [1.54, 1.807) is 12.1 Å². The molecule has 0 saturated carbocycles. The highest BCUT2D eigenvalue weighted by molar-refractivity contribution is 7.88. The number of carbonyl (C=O) groups excluding carboxylic acids is 1. The molecule has 1 aliphatic rings. The number of hydrogen-bond donors (Lipinski definition) is 1. The lowest BCUT2D eigenvalue weighted by Gasteiger charge is -2.28. The fourth-order valence-electron chi connectivity index (χ4n) is 2.06. The minimum absolute atomic E-state index is 0.00602. The van der Waals surface area contributed by atoms with Crippen LogP contribution in [0.15, 0.2) is 42.6 Å². The van der Waals surface area contributed by atoms with Gasteiger partial charge in [-0.2, -0.15) is 12.7 Å². The molecule has 1 aromatic heterocycles. The van der Waals surface area contributed by atoms with Crippen molar-refractivity contribution in [1.82, 2.24) is 8.28 Å². The number of amides is 2. The van der Waals surface area contributed by atoms with E-state index in [2.05, 4.69) is 5.32 Å². The molecule has 2 heterocycles. The third kappa shape index (κ3) is 1.96. The predicted octanol–water partition coefficient (Wildman–Crippen LogP) is 1.94. The highest BCUT2D eigenvalue weighted by Gasteiger charge is 2.35. The van der Waals surface area contributed by atoms with Gasteiger partial charge in [-0.3, -0.25) is 5.32 Å². The molecule has 1 aromatic carbocycles. The number of rotatable bonds is 2. The van der Waals surface area contributed by atoms with Crippen LogP contribution in [0.3, 0.4) is 0 Å². The van der Waals surface area contributed by atoms with Crippen molar-refractivity contribution < 1.29 is 13.2 Å². The second-order valence-electron chi connectivity index (χ2n) is 4.62. The Balaban J connectivity index is 1.98. The third-order valence-electron chi connectivity index (χ3n) is 3.15. The van der Waals surface area contributed by atoms with Crippen LogP contribution in [0.5, 0.6) is 0 Å². The highest BCUT2D eigenvalue weighted by Crippen LogP contribution is 2.23. The van der Waals surface area contributed by atoms with Gasteiger partial charge in [0.1, 0.15) is 5.82 Å². The number of hydrogen-bond acceptors (Lipinski definition) is 3. The van der Waals surface area contributed by atoms with Crippen LogP contribution in [0.25, 0.3) is 0 Å². The van der Waals surface area contributed by atoms with E-state index < -0.39 is 16.2 Å². The number of benzene rings is 1. The third-order valence-corrected chi connectivity index (χ3v) is 4.82. The molecule has 0 spiro atoms. The molecule has 20 heavy (non-hydrogen) atoms. The molecule has 2 aromatic rings. The summed E-state index contributed by atoms with van der Waals surface area (Å²) in [5.74, 6) is 0.259. The van der Waals surface area contributed by atoms with E-state index in [-0.39, 0.29) is 12.4 Å². The number of anilines is 1. The molecule has 3 rings (SSSR count). The summed E-state index contributed by atoms with van der Waals surface area (Å²) in [5, 5.41) is 2.55. The van der Waals surface area contributed by atoms with Crippen molar-refractivity contribution in [3.8, 4) is 0 Å². The van der Waals surface area contributed by atoms with Gasteiger partial charge in [-0.15, -0.1) is 0 Å². The largest absolute Gasteiger partial charge is 0.338 e. The van der Waals surface area contributed by atoms with Crippen LogP contribution in [0.2, 0.25) is 0 Å². The lowest BCUT2D eigenvalue weighted by atomic mass is 10.1. The smallest absolute Gasteiger partial charge is 0.292 e. The topological polar surface area (TPSA) is 71.4 Å². The molecule has 1 aliphatic heterocycles. The summed E-state index contributed by atoms with van der Waals surface area (Å²) in [6.07, 6.45) is 1.41. The molecule has 0 saturated heterocycles. The summed E-state index contributed by atoms with van der Waals surface area (Å²) in [4.78, 5) is 12.0. The van der Waals surface area contributed by atoms with Gasteiger partial charge in [-0.1, -0.05) is 29.8 Å². The Labute approximate surface area is 116 Å². The SMILES string of the molecule is Cc1ccc(CN2C(=O)Nc3cccn3S2(=O)=O)cc1. The number of fused-ring (bicyclic) bond motifs is 1. The summed E-state index contributed by atoms with van der Waals surface area (Å²) in [7, 11) is -3.86. The van der Waals surface area contributed by atoms with Gasteiger partial charge in [0.15, 0.2) is 0 Å². The van der Waals surface area contributed by atoms with Crippen LogP contribution < -0.4 is 5.32 Å². The summed E-state index contributed by atoms with van der Waals surface area (Å²) < 4.78 is 26.6. The number of urea groups is 1. The molecule has 0 bridgehead atoms. The van der Waals surface area contributed by atoms with Crippen LogP contribution in [0, 0.1) is 6.92 Å². The average Bonchev–Trinajstić information content (AvgIpc) is 2.86. The quantitative estimate of drug-likeness (QED) is 0.919. The van der Waals surface area contributed by atoms with Gasteiger partial charge in [0.2, 0.25) is 0 Å². The summed E-state index contributed by atoms with van der Waals surface area (Å²) in [5.41, 5.74) is 1.83. The van der Waals surface area contributed by atoms with Gasteiger partial charge < -0.3 is 0 Å². The maximum absolute atomic E-state index is 12.4. The number of nitrogens with one attached hydrogen (secondary N) is 1. The van der Waals surface area contributed by atoms with Crippen molar-refractivity contribution >= 4 is 22.1 Å². The van der Waals surface area contributed by atoms with E-state index in [4.69, 9.17) is 0 Å². The molecule has 0 fully saturated rings. The average molecular weight is 291 g/mol. The zero-order valence-electron chi connectivity index (χ0n) is 10.8. The van der Waals surface area contributed by atoms with Crippen LogP contribution in [0.1, 0.15) is 11.1 Å². The van der Waals surface area contributed by atoms with E-state index in [1.165, 1.54) is 6.20 Å². The Morgan fingerprint density at radius 3 is 2.55 bits per heavy atom. The van der Waals surface area contributed by atoms with E-state index in [0.29, 0.717) is 0 Å². The fourth-order valence-corrected chi connectivity index (χ4v) is 3.42. The molecule has 1 N–H and O–H groups in total. The van der Waals surface area contributed by atoms with Crippen molar-refractivity contribution in [2.75, 3.05) is 5.32 Å². The predicted molar refractivity (Wildman–Crippen MR) is 74.5 cm³/mol. The van der Waals surface area contributed by atoms with Crippen molar-refractivity contribution in [2.45, 2.75) is 13.5 Å². The van der Waals surface area contributed by atoms with Gasteiger partial charge >= 0.3 is 16.2 Å². The molecule has 7 heteroatoms. The normalized spacial score (nSPS) is 16.6. The Morgan fingerprint density at radius 2 is 1.85 bits per heavy atom. The Kier molecular flexibility index (Phi) is 2.79. The minimum Gasteiger partial charge on any atom is -0.292 e. The van der Waals surface area contributed by atoms with Gasteiger partial charge in [-0.05, 0) is 24.6 Å². The van der Waals surface area contributed by atoms with Crippen molar-refractivity contribution in [3.63, 3.8) is 0 Å². The van der Waals surface area contributed by atoms with Crippen LogP contribution >= 0.6 is 0 Å². The first kappa shape index (κ1) is 12.7. The maximum Gasteiger partial charge on any atom is 0.338 e. The zero-order chi connectivity index (χ0) is 14.3. The standard InChI is InChI=1S/C13H13N3O3S/c1-10-4-6-11(7-5-10)9-16-13(17)14-12-3-2-8-15(12)20(16,18)19/h2-8H,9H2,1H3,(H,14,17). The first-order valence-corrected chi connectivity index (χ1v) is 7.45. The van der Waals surface area contributed by atoms with Gasteiger partial charge in [-0.25, -0.2) is 8.77 Å². The molecule has 0 radical (unpaired) electrons. The highest BCUT2D eigenvalue weighted by atomic mass is 32.2. The van der Waals surface area contributed by atoms with E-state index in [0.717, 1.165) is 19.4 Å². The Morgan fingerprint density at radius 1 is 1.15 bits per heavy atom. The molecular weight excluding hydrogens is 278 g/mol. The van der Waals surface area contributed by atoms with E-state index >= 15 is 0 Å². The van der Waals surface area contributed by atoms with Crippen molar-refractivity contribution in [1.29, 1.82) is 0 Å². The lowest BCUT2D eigenvalue weighted by molar-refractivity contribution is 0.233. The summed E-state index contributed by atoms with van der Waals surface area (Å²) in [6, 6.07) is 9.85. The van der Waals surface area contributed by atoms with E-state index in [1.807, 2.05) is 31.2 Å². The maximum atomic E-state index is 12.4. The molecule has 6 nitrogen and oxygen atoms in total. The van der Waals surface area contributed by atoms with Gasteiger partial charge in [0.25, 0.3) is 0 Å². The van der Waals surface area contributed by atoms with Crippen LogP contribution in [-0.2, 0) is 16.8 Å². The summed E-state index contributed by atoms with van der Waals surface area (Å²) in [6.45, 7) is 1.95. The second-order valence-corrected chi connectivity index (χ2v) is 6.35.